The molecule has 3 N–H and O–H groups in total. The number of carboxylic acid groups (broad SMARTS) is 1. The minimum Gasteiger partial charge on any atom is -0.481 e. The zero-order valence-corrected chi connectivity index (χ0v) is 19.5. The number of carbonyl (C=O) groups excluding carboxylic acids is 2. The molecule has 0 radical (unpaired) electrons. The zero-order valence-electron chi connectivity index (χ0n) is 19.5. The predicted octanol–water partition coefficient (Wildman–Crippen LogP) is 4.31. The molecule has 2 amide bonds. The van der Waals surface area contributed by atoms with Crippen molar-refractivity contribution in [3.63, 3.8) is 0 Å². The molecule has 2 aliphatic rings. The molecule has 2 aromatic rings. The second-order valence-electron chi connectivity index (χ2n) is 9.22. The van der Waals surface area contributed by atoms with E-state index in [0.717, 1.165) is 24.0 Å². The first-order valence-corrected chi connectivity index (χ1v) is 12.1. The van der Waals surface area contributed by atoms with Crippen LogP contribution in [0.4, 0.5) is 4.79 Å². The number of ether oxygens (including phenoxy) is 1. The van der Waals surface area contributed by atoms with Gasteiger partial charge < -0.3 is 20.5 Å². The van der Waals surface area contributed by atoms with E-state index in [-0.39, 0.29) is 42.7 Å². The van der Waals surface area contributed by atoms with Gasteiger partial charge in [0.15, 0.2) is 0 Å². The molecule has 0 spiro atoms. The lowest BCUT2D eigenvalue weighted by Gasteiger charge is -2.20. The van der Waals surface area contributed by atoms with Crippen LogP contribution in [0.3, 0.4) is 0 Å². The SMILES string of the molecule is CC[C@H](CC(=O)NCC1CCCC1C(=O)O)NC(=O)OCC1c2ccccc2-c2ccccc21. The first-order valence-electron chi connectivity index (χ1n) is 12.1. The molecule has 4 rings (SSSR count). The van der Waals surface area contributed by atoms with Gasteiger partial charge in [0.1, 0.15) is 6.61 Å². The Morgan fingerprint density at radius 2 is 1.68 bits per heavy atom. The van der Waals surface area contributed by atoms with E-state index in [4.69, 9.17) is 4.74 Å². The summed E-state index contributed by atoms with van der Waals surface area (Å²) >= 11 is 0. The second kappa shape index (κ2) is 10.7. The molecule has 1 fully saturated rings. The highest BCUT2D eigenvalue weighted by Crippen LogP contribution is 2.44. The van der Waals surface area contributed by atoms with Crippen LogP contribution in [0.15, 0.2) is 48.5 Å². The van der Waals surface area contributed by atoms with Gasteiger partial charge in [-0.15, -0.1) is 0 Å². The first kappa shape index (κ1) is 23.8. The number of carbonyl (C=O) groups is 3. The first-order chi connectivity index (χ1) is 16.5. The van der Waals surface area contributed by atoms with Crippen molar-refractivity contribution >= 4 is 18.0 Å². The monoisotopic (exact) mass is 464 g/mol. The number of hydrogen-bond acceptors (Lipinski definition) is 4. The number of carboxylic acids is 1. The van der Waals surface area contributed by atoms with E-state index in [2.05, 4.69) is 34.9 Å². The standard InChI is InChI=1S/C27H32N2O5/c1-2-18(14-25(30)28-15-17-8-7-13-19(17)26(31)32)29-27(33)34-16-24-22-11-5-3-9-20(22)21-10-4-6-12-23(21)24/h3-6,9-12,17-19,24H,2,7-8,13-16H2,1H3,(H,28,30)(H,29,33)(H,31,32)/t17?,18-,19?/m1/s1. The molecule has 0 aromatic heterocycles. The largest absolute Gasteiger partial charge is 0.481 e. The fourth-order valence-electron chi connectivity index (χ4n) is 5.25. The molecular weight excluding hydrogens is 432 g/mol. The molecule has 1 saturated carbocycles. The third kappa shape index (κ3) is 5.24. The predicted molar refractivity (Wildman–Crippen MR) is 128 cm³/mol. The summed E-state index contributed by atoms with van der Waals surface area (Å²) in [5.41, 5.74) is 4.63. The van der Waals surface area contributed by atoms with Gasteiger partial charge in [-0.3, -0.25) is 9.59 Å². The molecule has 34 heavy (non-hydrogen) atoms. The highest BCUT2D eigenvalue weighted by atomic mass is 16.5. The fraction of sp³-hybridized carbons (Fsp3) is 0.444. The highest BCUT2D eigenvalue weighted by molar-refractivity contribution is 5.79. The van der Waals surface area contributed by atoms with Gasteiger partial charge in [0.05, 0.1) is 5.92 Å². The summed E-state index contributed by atoms with van der Waals surface area (Å²) < 4.78 is 5.59. The summed E-state index contributed by atoms with van der Waals surface area (Å²) in [5.74, 6) is -1.42. The number of amides is 2. The molecule has 0 bridgehead atoms. The number of benzene rings is 2. The number of aliphatic carboxylic acids is 1. The lowest BCUT2D eigenvalue weighted by Crippen LogP contribution is -2.41. The maximum Gasteiger partial charge on any atom is 0.407 e. The Bertz CT molecular complexity index is 1010. The molecule has 0 saturated heterocycles. The minimum absolute atomic E-state index is 0.0184. The van der Waals surface area contributed by atoms with Gasteiger partial charge in [-0.25, -0.2) is 4.79 Å². The van der Waals surface area contributed by atoms with Crippen molar-refractivity contribution in [1.82, 2.24) is 10.6 Å². The van der Waals surface area contributed by atoms with Crippen LogP contribution in [0.5, 0.6) is 0 Å². The maximum absolute atomic E-state index is 12.5. The van der Waals surface area contributed by atoms with E-state index in [0.29, 0.717) is 19.4 Å². The topological polar surface area (TPSA) is 105 Å². The van der Waals surface area contributed by atoms with Crippen molar-refractivity contribution in [2.24, 2.45) is 11.8 Å². The summed E-state index contributed by atoms with van der Waals surface area (Å²) in [5, 5.41) is 15.0. The van der Waals surface area contributed by atoms with Crippen molar-refractivity contribution < 1.29 is 24.2 Å². The normalized spacial score (nSPS) is 19.7. The van der Waals surface area contributed by atoms with E-state index >= 15 is 0 Å². The molecule has 0 aliphatic heterocycles. The van der Waals surface area contributed by atoms with Crippen LogP contribution in [0.25, 0.3) is 11.1 Å². The van der Waals surface area contributed by atoms with Crippen LogP contribution in [-0.2, 0) is 14.3 Å². The Balaban J connectivity index is 1.27. The maximum atomic E-state index is 12.5. The fourth-order valence-corrected chi connectivity index (χ4v) is 5.25. The van der Waals surface area contributed by atoms with Crippen LogP contribution in [0.2, 0.25) is 0 Å². The summed E-state index contributed by atoms with van der Waals surface area (Å²) in [4.78, 5) is 36.3. The van der Waals surface area contributed by atoms with Crippen molar-refractivity contribution in [3.05, 3.63) is 59.7 Å². The molecule has 2 aliphatic carbocycles. The van der Waals surface area contributed by atoms with E-state index in [1.165, 1.54) is 11.1 Å². The number of rotatable bonds is 9. The summed E-state index contributed by atoms with van der Waals surface area (Å²) in [6, 6.07) is 16.0. The Labute approximate surface area is 199 Å². The quantitative estimate of drug-likeness (QED) is 0.513. The second-order valence-corrected chi connectivity index (χ2v) is 9.22. The lowest BCUT2D eigenvalue weighted by atomic mass is 9.96. The number of fused-ring (bicyclic) bond motifs is 3. The minimum atomic E-state index is -0.792. The van der Waals surface area contributed by atoms with E-state index < -0.39 is 12.1 Å². The molecule has 0 heterocycles. The average Bonchev–Trinajstić information content (AvgIpc) is 3.44. The molecule has 2 unspecified atom stereocenters. The Morgan fingerprint density at radius 3 is 2.29 bits per heavy atom. The van der Waals surface area contributed by atoms with Crippen LogP contribution >= 0.6 is 0 Å². The molecule has 3 atom stereocenters. The van der Waals surface area contributed by atoms with Gasteiger partial charge in [0.25, 0.3) is 0 Å². The van der Waals surface area contributed by atoms with Crippen molar-refractivity contribution in [1.29, 1.82) is 0 Å². The number of alkyl carbamates (subject to hydrolysis) is 1. The molecular formula is C27H32N2O5. The van der Waals surface area contributed by atoms with E-state index in [1.807, 2.05) is 31.2 Å². The molecule has 7 nitrogen and oxygen atoms in total. The van der Waals surface area contributed by atoms with E-state index in [9.17, 15) is 19.5 Å². The summed E-state index contributed by atoms with van der Waals surface area (Å²) in [6.07, 6.45) is 2.52. The Morgan fingerprint density at radius 1 is 1.03 bits per heavy atom. The van der Waals surface area contributed by atoms with Gasteiger partial charge in [0, 0.05) is 24.9 Å². The van der Waals surface area contributed by atoms with Crippen molar-refractivity contribution in [2.45, 2.75) is 51.0 Å². The molecule has 2 aromatic carbocycles. The van der Waals surface area contributed by atoms with Crippen LogP contribution in [0, 0.1) is 11.8 Å². The van der Waals surface area contributed by atoms with Gasteiger partial charge >= 0.3 is 12.1 Å². The molecule has 180 valence electrons. The number of nitrogens with one attached hydrogen (secondary N) is 2. The van der Waals surface area contributed by atoms with Gasteiger partial charge in [-0.2, -0.15) is 0 Å². The zero-order chi connectivity index (χ0) is 24.1. The third-order valence-electron chi connectivity index (χ3n) is 7.13. The van der Waals surface area contributed by atoms with Crippen LogP contribution < -0.4 is 10.6 Å². The van der Waals surface area contributed by atoms with Crippen molar-refractivity contribution in [2.75, 3.05) is 13.2 Å². The van der Waals surface area contributed by atoms with Crippen LogP contribution in [0.1, 0.15) is 56.1 Å². The number of hydrogen-bond donors (Lipinski definition) is 3. The van der Waals surface area contributed by atoms with Gasteiger partial charge in [-0.05, 0) is 47.4 Å². The Kier molecular flexibility index (Phi) is 7.50. The molecule has 7 heteroatoms. The van der Waals surface area contributed by atoms with Gasteiger partial charge in [0.2, 0.25) is 5.91 Å². The Hall–Kier alpha value is -3.35. The smallest absolute Gasteiger partial charge is 0.407 e. The lowest BCUT2D eigenvalue weighted by molar-refractivity contribution is -0.143. The van der Waals surface area contributed by atoms with E-state index in [1.54, 1.807) is 0 Å². The third-order valence-corrected chi connectivity index (χ3v) is 7.13. The highest BCUT2D eigenvalue weighted by Gasteiger charge is 2.33. The van der Waals surface area contributed by atoms with Gasteiger partial charge in [-0.1, -0.05) is 61.9 Å². The van der Waals surface area contributed by atoms with Crippen LogP contribution in [-0.4, -0.2) is 42.3 Å². The summed E-state index contributed by atoms with van der Waals surface area (Å²) in [7, 11) is 0. The van der Waals surface area contributed by atoms with Crippen molar-refractivity contribution in [3.8, 4) is 11.1 Å². The average molecular weight is 465 g/mol. The summed E-state index contributed by atoms with van der Waals surface area (Å²) in [6.45, 7) is 2.48.